The van der Waals surface area contributed by atoms with E-state index < -0.39 is 0 Å². The number of hydrogen-bond acceptors (Lipinski definition) is 4. The molecule has 0 spiro atoms. The summed E-state index contributed by atoms with van der Waals surface area (Å²) in [6, 6.07) is 11.3. The second-order valence-corrected chi connectivity index (χ2v) is 4.49. The van der Waals surface area contributed by atoms with E-state index in [0.717, 1.165) is 11.0 Å². The summed E-state index contributed by atoms with van der Waals surface area (Å²) in [5.41, 5.74) is 4.41. The summed E-state index contributed by atoms with van der Waals surface area (Å²) in [4.78, 5) is 16.0. The van der Waals surface area contributed by atoms with Crippen LogP contribution in [0.1, 0.15) is 12.2 Å². The van der Waals surface area contributed by atoms with Gasteiger partial charge in [0.2, 0.25) is 5.91 Å². The first-order valence-electron chi connectivity index (χ1n) is 6.58. The lowest BCUT2D eigenvalue weighted by molar-refractivity contribution is -0.121. The molecule has 106 valence electrons. The molecule has 2 heterocycles. The van der Waals surface area contributed by atoms with Crippen molar-refractivity contribution in [3.8, 4) is 0 Å². The number of aromatic nitrogens is 2. The molecule has 1 N–H and O–H groups in total. The lowest BCUT2D eigenvalue weighted by Crippen LogP contribution is -2.19. The van der Waals surface area contributed by atoms with E-state index in [2.05, 4.69) is 15.5 Å². The highest BCUT2D eigenvalue weighted by Crippen LogP contribution is 2.11. The van der Waals surface area contributed by atoms with E-state index in [4.69, 9.17) is 4.42 Å². The smallest absolute Gasteiger partial charge is 0.241 e. The Labute approximate surface area is 121 Å². The Morgan fingerprint density at radius 2 is 2.24 bits per heavy atom. The van der Waals surface area contributed by atoms with E-state index in [-0.39, 0.29) is 5.91 Å². The number of nitrogens with zero attached hydrogens (tertiary/aromatic N) is 3. The van der Waals surface area contributed by atoms with Crippen LogP contribution in [0.2, 0.25) is 0 Å². The normalized spacial score (nSPS) is 11.2. The molecule has 2 aromatic heterocycles. The Hall–Kier alpha value is -2.89. The van der Waals surface area contributed by atoms with E-state index >= 15 is 0 Å². The standard InChI is InChI=1S/C15H14N4O2/c20-15(18-17-10-12-4-3-9-21-12)7-8-19-11-16-13-5-1-2-6-14(13)19/h1-6,9-11H,7-8H2,(H,18,20)/b17-10-. The summed E-state index contributed by atoms with van der Waals surface area (Å²) in [7, 11) is 0. The number of amides is 1. The number of nitrogens with one attached hydrogen (secondary N) is 1. The SMILES string of the molecule is O=C(CCn1cnc2ccccc21)N/N=C\c1ccco1. The van der Waals surface area contributed by atoms with Gasteiger partial charge >= 0.3 is 0 Å². The minimum atomic E-state index is -0.157. The number of furan rings is 1. The van der Waals surface area contributed by atoms with Crippen molar-refractivity contribution in [2.75, 3.05) is 0 Å². The molecule has 6 nitrogen and oxygen atoms in total. The van der Waals surface area contributed by atoms with Gasteiger partial charge in [0.15, 0.2) is 0 Å². The maximum atomic E-state index is 11.7. The molecular weight excluding hydrogens is 268 g/mol. The number of rotatable bonds is 5. The van der Waals surface area contributed by atoms with Crippen LogP contribution in [0.5, 0.6) is 0 Å². The molecule has 0 aliphatic carbocycles. The van der Waals surface area contributed by atoms with Crippen molar-refractivity contribution in [2.45, 2.75) is 13.0 Å². The Balaban J connectivity index is 1.54. The third kappa shape index (κ3) is 3.17. The zero-order valence-corrected chi connectivity index (χ0v) is 11.3. The van der Waals surface area contributed by atoms with Crippen LogP contribution in [0.4, 0.5) is 0 Å². The fourth-order valence-electron chi connectivity index (χ4n) is 2.00. The molecule has 3 rings (SSSR count). The number of carbonyl (C=O) groups is 1. The topological polar surface area (TPSA) is 72.4 Å². The number of hydrazone groups is 1. The summed E-state index contributed by atoms with van der Waals surface area (Å²) in [5.74, 6) is 0.437. The maximum absolute atomic E-state index is 11.7. The molecule has 0 fully saturated rings. The highest BCUT2D eigenvalue weighted by atomic mass is 16.3. The highest BCUT2D eigenvalue weighted by molar-refractivity contribution is 5.80. The van der Waals surface area contributed by atoms with Crippen LogP contribution in [0.3, 0.4) is 0 Å². The van der Waals surface area contributed by atoms with E-state index in [9.17, 15) is 4.79 Å². The number of hydrogen-bond donors (Lipinski definition) is 1. The molecule has 0 bridgehead atoms. The van der Waals surface area contributed by atoms with Crippen LogP contribution in [-0.2, 0) is 11.3 Å². The summed E-state index contributed by atoms with van der Waals surface area (Å²) in [5, 5.41) is 3.83. The molecule has 3 aromatic rings. The second-order valence-electron chi connectivity index (χ2n) is 4.49. The van der Waals surface area contributed by atoms with Gasteiger partial charge in [0, 0.05) is 13.0 Å². The van der Waals surface area contributed by atoms with Gasteiger partial charge in [-0.05, 0) is 24.3 Å². The van der Waals surface area contributed by atoms with Crippen molar-refractivity contribution in [1.29, 1.82) is 0 Å². The molecule has 1 amide bonds. The summed E-state index contributed by atoms with van der Waals surface area (Å²) < 4.78 is 7.02. The monoisotopic (exact) mass is 282 g/mol. The van der Waals surface area contributed by atoms with E-state index in [0.29, 0.717) is 18.7 Å². The number of para-hydroxylation sites is 2. The molecule has 0 aliphatic rings. The zero-order valence-electron chi connectivity index (χ0n) is 11.3. The van der Waals surface area contributed by atoms with Crippen LogP contribution >= 0.6 is 0 Å². The first kappa shape index (κ1) is 13.1. The lowest BCUT2D eigenvalue weighted by atomic mass is 10.3. The van der Waals surface area contributed by atoms with Gasteiger partial charge in [0.05, 0.1) is 29.8 Å². The largest absolute Gasteiger partial charge is 0.463 e. The minimum Gasteiger partial charge on any atom is -0.463 e. The predicted molar refractivity (Wildman–Crippen MR) is 78.8 cm³/mol. The van der Waals surface area contributed by atoms with Crippen LogP contribution in [-0.4, -0.2) is 21.7 Å². The van der Waals surface area contributed by atoms with E-state index in [1.165, 1.54) is 6.21 Å². The molecule has 0 radical (unpaired) electrons. The van der Waals surface area contributed by atoms with E-state index in [1.54, 1.807) is 24.7 Å². The average molecular weight is 282 g/mol. The highest BCUT2D eigenvalue weighted by Gasteiger charge is 2.04. The van der Waals surface area contributed by atoms with E-state index in [1.807, 2.05) is 28.8 Å². The van der Waals surface area contributed by atoms with Gasteiger partial charge < -0.3 is 8.98 Å². The second kappa shape index (κ2) is 6.04. The van der Waals surface area contributed by atoms with Crippen molar-refractivity contribution in [3.63, 3.8) is 0 Å². The Morgan fingerprint density at radius 1 is 1.33 bits per heavy atom. The van der Waals surface area contributed by atoms with Crippen molar-refractivity contribution in [1.82, 2.24) is 15.0 Å². The first-order chi connectivity index (χ1) is 10.3. The summed E-state index contributed by atoms with van der Waals surface area (Å²) >= 11 is 0. The number of benzene rings is 1. The predicted octanol–water partition coefficient (Wildman–Crippen LogP) is 2.17. The van der Waals surface area contributed by atoms with Gasteiger partial charge in [-0.25, -0.2) is 10.4 Å². The van der Waals surface area contributed by atoms with Crippen LogP contribution in [0.25, 0.3) is 11.0 Å². The van der Waals surface area contributed by atoms with Crippen LogP contribution in [0, 0.1) is 0 Å². The van der Waals surface area contributed by atoms with Crippen molar-refractivity contribution < 1.29 is 9.21 Å². The number of carbonyl (C=O) groups excluding carboxylic acids is 1. The zero-order chi connectivity index (χ0) is 14.5. The molecule has 6 heteroatoms. The van der Waals surface area contributed by atoms with Gasteiger partial charge in [-0.15, -0.1) is 0 Å². The summed E-state index contributed by atoms with van der Waals surface area (Å²) in [6.07, 6.45) is 5.08. The molecule has 1 aromatic carbocycles. The van der Waals surface area contributed by atoms with Gasteiger partial charge in [0.25, 0.3) is 0 Å². The number of aryl methyl sites for hydroxylation is 1. The van der Waals surface area contributed by atoms with Crippen LogP contribution in [0.15, 0.2) is 58.5 Å². The number of fused-ring (bicyclic) bond motifs is 1. The van der Waals surface area contributed by atoms with Crippen molar-refractivity contribution in [3.05, 3.63) is 54.7 Å². The minimum absolute atomic E-state index is 0.157. The third-order valence-corrected chi connectivity index (χ3v) is 3.03. The fraction of sp³-hybridized carbons (Fsp3) is 0.133. The quantitative estimate of drug-likeness (QED) is 0.576. The molecule has 0 atom stereocenters. The fourth-order valence-corrected chi connectivity index (χ4v) is 2.00. The van der Waals surface area contributed by atoms with Gasteiger partial charge in [-0.2, -0.15) is 5.10 Å². The Kier molecular flexibility index (Phi) is 3.77. The lowest BCUT2D eigenvalue weighted by Gasteiger charge is -2.03. The molecule has 0 unspecified atom stereocenters. The average Bonchev–Trinajstić information content (AvgIpc) is 3.14. The van der Waals surface area contributed by atoms with Crippen molar-refractivity contribution in [2.24, 2.45) is 5.10 Å². The summed E-state index contributed by atoms with van der Waals surface area (Å²) in [6.45, 7) is 0.558. The molecule has 0 saturated heterocycles. The maximum Gasteiger partial charge on any atom is 0.241 e. The third-order valence-electron chi connectivity index (χ3n) is 3.03. The van der Waals surface area contributed by atoms with Gasteiger partial charge in [-0.1, -0.05) is 12.1 Å². The molecular formula is C15H14N4O2. The van der Waals surface area contributed by atoms with Crippen LogP contribution < -0.4 is 5.43 Å². The molecule has 0 saturated carbocycles. The molecule has 21 heavy (non-hydrogen) atoms. The van der Waals surface area contributed by atoms with Crippen molar-refractivity contribution >= 4 is 23.2 Å². The van der Waals surface area contributed by atoms with Gasteiger partial charge in [0.1, 0.15) is 5.76 Å². The number of imidazole rings is 1. The first-order valence-corrected chi connectivity index (χ1v) is 6.58. The Morgan fingerprint density at radius 3 is 3.10 bits per heavy atom. The van der Waals surface area contributed by atoms with Gasteiger partial charge in [-0.3, -0.25) is 4.79 Å². The molecule has 0 aliphatic heterocycles. The Bertz CT molecular complexity index is 759.